The molecule has 1 atom stereocenters. The molecule has 116 valence electrons. The minimum absolute atomic E-state index is 0.248. The van der Waals surface area contributed by atoms with Crippen molar-refractivity contribution in [1.82, 2.24) is 5.32 Å². The monoisotopic (exact) mass is 294 g/mol. The van der Waals surface area contributed by atoms with E-state index >= 15 is 0 Å². The average molecular weight is 294 g/mol. The van der Waals surface area contributed by atoms with Crippen LogP contribution in [0.3, 0.4) is 0 Å². The van der Waals surface area contributed by atoms with Crippen LogP contribution in [-0.4, -0.2) is 36.7 Å². The zero-order valence-electron chi connectivity index (χ0n) is 12.2. The molecule has 0 fully saturated rings. The van der Waals surface area contributed by atoms with Crippen molar-refractivity contribution in [2.45, 2.75) is 31.7 Å². The van der Waals surface area contributed by atoms with Gasteiger partial charge in [-0.25, -0.2) is 4.79 Å². The third kappa shape index (κ3) is 6.76. The molecule has 6 heteroatoms. The van der Waals surface area contributed by atoms with Crippen molar-refractivity contribution in [2.75, 3.05) is 19.5 Å². The quantitative estimate of drug-likeness (QED) is 0.469. The van der Waals surface area contributed by atoms with Crippen molar-refractivity contribution in [1.29, 1.82) is 0 Å². The second-order valence-corrected chi connectivity index (χ2v) is 4.83. The summed E-state index contributed by atoms with van der Waals surface area (Å²) in [5, 5.41) is 11.6. The number of carboxylic acid groups (broad SMARTS) is 1. The molecule has 0 bridgehead atoms. The second-order valence-electron chi connectivity index (χ2n) is 4.83. The molecule has 0 radical (unpaired) electrons. The standard InChI is InChI=1S/C15H22N2O4/c1-21-10-2-3-13(15(19)20)17-14(18)9-6-11-4-7-12(16)8-5-11/h4-5,7-8,13H,2-3,6,9-10,16H2,1H3,(H,17,18)(H,19,20). The number of nitrogens with two attached hydrogens (primary N) is 1. The molecule has 0 aliphatic rings. The van der Waals surface area contributed by atoms with Crippen molar-refractivity contribution >= 4 is 17.6 Å². The molecular weight excluding hydrogens is 272 g/mol. The van der Waals surface area contributed by atoms with Crippen LogP contribution in [0.2, 0.25) is 0 Å². The number of hydrogen-bond donors (Lipinski definition) is 3. The Hall–Kier alpha value is -2.08. The van der Waals surface area contributed by atoms with Gasteiger partial charge in [-0.05, 0) is 37.0 Å². The number of anilines is 1. The number of carboxylic acids is 1. The fourth-order valence-corrected chi connectivity index (χ4v) is 1.90. The SMILES string of the molecule is COCCCC(NC(=O)CCc1ccc(N)cc1)C(=O)O. The molecule has 0 aromatic heterocycles. The molecule has 4 N–H and O–H groups in total. The van der Waals surface area contributed by atoms with Gasteiger partial charge in [-0.3, -0.25) is 4.79 Å². The van der Waals surface area contributed by atoms with Crippen LogP contribution >= 0.6 is 0 Å². The predicted molar refractivity (Wildman–Crippen MR) is 79.9 cm³/mol. The van der Waals surface area contributed by atoms with E-state index in [1.54, 1.807) is 19.2 Å². The maximum absolute atomic E-state index is 11.8. The summed E-state index contributed by atoms with van der Waals surface area (Å²) in [4.78, 5) is 22.9. The molecule has 1 aromatic rings. The maximum Gasteiger partial charge on any atom is 0.326 e. The number of rotatable bonds is 9. The number of hydrogen-bond acceptors (Lipinski definition) is 4. The van der Waals surface area contributed by atoms with Crippen molar-refractivity contribution in [2.24, 2.45) is 0 Å². The summed E-state index contributed by atoms with van der Waals surface area (Å²) in [6.45, 7) is 0.477. The van der Waals surface area contributed by atoms with Gasteiger partial charge in [0.05, 0.1) is 0 Å². The number of aryl methyl sites for hydroxylation is 1. The Balaban J connectivity index is 2.39. The maximum atomic E-state index is 11.8. The van der Waals surface area contributed by atoms with Crippen LogP contribution in [0, 0.1) is 0 Å². The van der Waals surface area contributed by atoms with Gasteiger partial charge in [-0.1, -0.05) is 12.1 Å². The van der Waals surface area contributed by atoms with Gasteiger partial charge in [-0.15, -0.1) is 0 Å². The highest BCUT2D eigenvalue weighted by Gasteiger charge is 2.19. The van der Waals surface area contributed by atoms with Crippen molar-refractivity contribution in [3.05, 3.63) is 29.8 Å². The zero-order chi connectivity index (χ0) is 15.7. The molecule has 1 aromatic carbocycles. The topological polar surface area (TPSA) is 102 Å². The van der Waals surface area contributed by atoms with E-state index in [9.17, 15) is 9.59 Å². The van der Waals surface area contributed by atoms with E-state index in [-0.39, 0.29) is 12.3 Å². The number of aliphatic carboxylic acids is 1. The first-order valence-electron chi connectivity index (χ1n) is 6.88. The van der Waals surface area contributed by atoms with Crippen molar-refractivity contribution in [3.63, 3.8) is 0 Å². The van der Waals surface area contributed by atoms with E-state index in [1.165, 1.54) is 0 Å². The highest BCUT2D eigenvalue weighted by molar-refractivity contribution is 5.83. The van der Waals surface area contributed by atoms with E-state index in [1.807, 2.05) is 12.1 Å². The number of nitrogen functional groups attached to an aromatic ring is 1. The molecule has 0 heterocycles. The Kier molecular flexibility index (Phi) is 7.25. The lowest BCUT2D eigenvalue weighted by molar-refractivity contribution is -0.142. The smallest absolute Gasteiger partial charge is 0.326 e. The van der Waals surface area contributed by atoms with E-state index in [0.29, 0.717) is 31.6 Å². The predicted octanol–water partition coefficient (Wildman–Crippen LogP) is 1.20. The summed E-state index contributed by atoms with van der Waals surface area (Å²) in [5.41, 5.74) is 7.25. The summed E-state index contributed by atoms with van der Waals surface area (Å²) in [6.07, 6.45) is 1.75. The number of nitrogens with one attached hydrogen (secondary N) is 1. The fourth-order valence-electron chi connectivity index (χ4n) is 1.90. The first-order valence-corrected chi connectivity index (χ1v) is 6.88. The molecular formula is C15H22N2O4. The van der Waals surface area contributed by atoms with E-state index < -0.39 is 12.0 Å². The summed E-state index contributed by atoms with van der Waals surface area (Å²) in [7, 11) is 1.56. The van der Waals surface area contributed by atoms with Crippen LogP contribution < -0.4 is 11.1 Å². The molecule has 6 nitrogen and oxygen atoms in total. The Morgan fingerprint density at radius 2 is 2.00 bits per heavy atom. The van der Waals surface area contributed by atoms with Gasteiger partial charge in [0, 0.05) is 25.8 Å². The lowest BCUT2D eigenvalue weighted by Gasteiger charge is -2.14. The Bertz CT molecular complexity index is 459. The van der Waals surface area contributed by atoms with Crippen molar-refractivity contribution in [3.8, 4) is 0 Å². The Morgan fingerprint density at radius 3 is 2.57 bits per heavy atom. The minimum Gasteiger partial charge on any atom is -0.480 e. The van der Waals surface area contributed by atoms with Gasteiger partial charge in [-0.2, -0.15) is 0 Å². The number of carbonyl (C=O) groups is 2. The van der Waals surface area contributed by atoms with Crippen LogP contribution in [-0.2, 0) is 20.7 Å². The molecule has 0 aliphatic carbocycles. The first kappa shape index (κ1) is 17.0. The number of ether oxygens (including phenoxy) is 1. The molecule has 1 amide bonds. The summed E-state index contributed by atoms with van der Waals surface area (Å²) in [5.74, 6) is -1.29. The normalized spacial score (nSPS) is 11.9. The lowest BCUT2D eigenvalue weighted by atomic mass is 10.1. The van der Waals surface area contributed by atoms with Crippen LogP contribution in [0.5, 0.6) is 0 Å². The van der Waals surface area contributed by atoms with E-state index in [0.717, 1.165) is 5.56 Å². The van der Waals surface area contributed by atoms with Crippen LogP contribution in [0.25, 0.3) is 0 Å². The summed E-state index contributed by atoms with van der Waals surface area (Å²) < 4.78 is 4.88. The van der Waals surface area contributed by atoms with Gasteiger partial charge < -0.3 is 20.9 Å². The molecule has 21 heavy (non-hydrogen) atoms. The number of amides is 1. The minimum atomic E-state index is -1.02. The average Bonchev–Trinajstić information content (AvgIpc) is 2.45. The van der Waals surface area contributed by atoms with Gasteiger partial charge in [0.2, 0.25) is 5.91 Å². The highest BCUT2D eigenvalue weighted by Crippen LogP contribution is 2.08. The van der Waals surface area contributed by atoms with Crippen molar-refractivity contribution < 1.29 is 19.4 Å². The first-order chi connectivity index (χ1) is 10.0. The molecule has 0 spiro atoms. The third-order valence-corrected chi connectivity index (χ3v) is 3.10. The van der Waals surface area contributed by atoms with Crippen LogP contribution in [0.1, 0.15) is 24.8 Å². The van der Waals surface area contributed by atoms with Crippen LogP contribution in [0.15, 0.2) is 24.3 Å². The van der Waals surface area contributed by atoms with Gasteiger partial charge in [0.25, 0.3) is 0 Å². The second kappa shape index (κ2) is 8.97. The molecule has 1 rings (SSSR count). The molecule has 1 unspecified atom stereocenters. The summed E-state index contributed by atoms with van der Waals surface area (Å²) in [6, 6.07) is 6.40. The van der Waals surface area contributed by atoms with Gasteiger partial charge in [0.15, 0.2) is 0 Å². The largest absolute Gasteiger partial charge is 0.480 e. The van der Waals surface area contributed by atoms with Crippen LogP contribution in [0.4, 0.5) is 5.69 Å². The van der Waals surface area contributed by atoms with E-state index in [4.69, 9.17) is 15.6 Å². The highest BCUT2D eigenvalue weighted by atomic mass is 16.5. The number of benzene rings is 1. The zero-order valence-corrected chi connectivity index (χ0v) is 12.2. The molecule has 0 saturated carbocycles. The Labute approximate surface area is 124 Å². The fraction of sp³-hybridized carbons (Fsp3) is 0.467. The number of carbonyl (C=O) groups excluding carboxylic acids is 1. The lowest BCUT2D eigenvalue weighted by Crippen LogP contribution is -2.41. The molecule has 0 aliphatic heterocycles. The molecule has 0 saturated heterocycles. The van der Waals surface area contributed by atoms with Gasteiger partial charge >= 0.3 is 5.97 Å². The third-order valence-electron chi connectivity index (χ3n) is 3.10. The number of methoxy groups -OCH3 is 1. The van der Waals surface area contributed by atoms with E-state index in [2.05, 4.69) is 5.32 Å². The van der Waals surface area contributed by atoms with Gasteiger partial charge in [0.1, 0.15) is 6.04 Å². The Morgan fingerprint density at radius 1 is 1.33 bits per heavy atom. The summed E-state index contributed by atoms with van der Waals surface area (Å²) >= 11 is 0.